The molecule has 15 rings (SSSR count). The van der Waals surface area contributed by atoms with E-state index in [-0.39, 0.29) is 0 Å². The van der Waals surface area contributed by atoms with Crippen LogP contribution in [0, 0.1) is 0 Å². The smallest absolute Gasteiger partial charge is 0.164 e. The summed E-state index contributed by atoms with van der Waals surface area (Å²) in [6.07, 6.45) is 0. The van der Waals surface area contributed by atoms with Crippen molar-refractivity contribution in [2.24, 2.45) is 0 Å². The molecule has 0 unspecified atom stereocenters. The van der Waals surface area contributed by atoms with Gasteiger partial charge in [-0.3, -0.25) is 0 Å². The molecule has 4 nitrogen and oxygen atoms in total. The van der Waals surface area contributed by atoms with Crippen LogP contribution in [0.3, 0.4) is 0 Å². The van der Waals surface area contributed by atoms with E-state index in [0.717, 1.165) is 39.0 Å². The molecule has 0 aliphatic heterocycles. The highest BCUT2D eigenvalue weighted by atomic mass is 32.1. The van der Waals surface area contributed by atoms with Gasteiger partial charge >= 0.3 is 0 Å². The van der Waals surface area contributed by atoms with Gasteiger partial charge in [0.2, 0.25) is 0 Å². The minimum absolute atomic E-state index is 0.624. The Morgan fingerprint density at radius 3 is 1.25 bits per heavy atom. The van der Waals surface area contributed by atoms with Crippen LogP contribution in [0.2, 0.25) is 0 Å². The topological polar surface area (TPSA) is 43.6 Å². The Bertz CT molecular complexity index is 4460. The van der Waals surface area contributed by atoms with Gasteiger partial charge in [-0.05, 0) is 119 Å². The lowest BCUT2D eigenvalue weighted by Crippen LogP contribution is -2.02. The third-order valence-electron chi connectivity index (χ3n) is 13.6. The van der Waals surface area contributed by atoms with Gasteiger partial charge in [0.05, 0.1) is 16.7 Å². The quantitative estimate of drug-likeness (QED) is 0.173. The van der Waals surface area contributed by atoms with E-state index in [1.54, 1.807) is 0 Å². The van der Waals surface area contributed by atoms with Crippen molar-refractivity contribution < 1.29 is 0 Å². The Labute approximate surface area is 401 Å². The van der Waals surface area contributed by atoms with Crippen molar-refractivity contribution in [1.29, 1.82) is 0 Å². The molecule has 0 saturated heterocycles. The summed E-state index contributed by atoms with van der Waals surface area (Å²) in [5.41, 5.74) is 8.46. The SMILES string of the molecule is c1ccc2cc3c(cc2c1)c1ccccc1n3-c1ccc(-c2nc(-c3ccc4sc5ccccc5c4c3)nc(-c3ccc4sc5ccccc5c4c3)n2)cc1-c1ccc2sc3ccccc3c2c1. The van der Waals surface area contributed by atoms with Crippen molar-refractivity contribution in [3.05, 3.63) is 206 Å². The first-order valence-corrected chi connectivity index (χ1v) is 25.2. The van der Waals surface area contributed by atoms with Crippen molar-refractivity contribution in [2.75, 3.05) is 0 Å². The van der Waals surface area contributed by atoms with Gasteiger partial charge < -0.3 is 4.57 Å². The normalized spacial score (nSPS) is 12.1. The lowest BCUT2D eigenvalue weighted by molar-refractivity contribution is 1.07. The first kappa shape index (κ1) is 38.1. The van der Waals surface area contributed by atoms with Crippen molar-refractivity contribution in [1.82, 2.24) is 19.5 Å². The molecule has 10 aromatic carbocycles. The first-order valence-electron chi connectivity index (χ1n) is 22.7. The van der Waals surface area contributed by atoms with Crippen LogP contribution < -0.4 is 0 Å². The number of aromatic nitrogens is 4. The van der Waals surface area contributed by atoms with Crippen molar-refractivity contribution in [2.45, 2.75) is 0 Å². The van der Waals surface area contributed by atoms with Crippen molar-refractivity contribution in [3.63, 3.8) is 0 Å². The summed E-state index contributed by atoms with van der Waals surface area (Å²) in [6, 6.07) is 75.2. The van der Waals surface area contributed by atoms with Gasteiger partial charge in [-0.15, -0.1) is 34.0 Å². The van der Waals surface area contributed by atoms with Gasteiger partial charge in [0, 0.05) is 93.5 Å². The molecule has 0 fully saturated rings. The molecule has 5 aromatic heterocycles. The number of nitrogens with zero attached hydrogens (tertiary/aromatic N) is 4. The van der Waals surface area contributed by atoms with E-state index < -0.39 is 0 Å². The summed E-state index contributed by atoms with van der Waals surface area (Å²) in [7, 11) is 0. The maximum atomic E-state index is 5.39. The summed E-state index contributed by atoms with van der Waals surface area (Å²) < 4.78 is 10.0. The van der Waals surface area contributed by atoms with Gasteiger partial charge in [-0.2, -0.15) is 0 Å². The molecule has 15 aromatic rings. The molecule has 68 heavy (non-hydrogen) atoms. The van der Waals surface area contributed by atoms with Crippen molar-refractivity contribution in [3.8, 4) is 51.0 Å². The molecule has 0 radical (unpaired) electrons. The zero-order chi connectivity index (χ0) is 44.5. The maximum Gasteiger partial charge on any atom is 0.164 e. The summed E-state index contributed by atoms with van der Waals surface area (Å²) in [5.74, 6) is 1.91. The lowest BCUT2D eigenvalue weighted by Gasteiger charge is -2.17. The predicted molar refractivity (Wildman–Crippen MR) is 292 cm³/mol. The molecule has 316 valence electrons. The molecule has 0 aliphatic carbocycles. The van der Waals surface area contributed by atoms with Crippen LogP contribution in [-0.4, -0.2) is 19.5 Å². The standard InChI is InChI=1S/C61H34N4S3/c1-2-12-36-34-52-46(29-35(36)11-1)41-13-3-7-17-50(41)65(52)51-25-21-38(31-45(51)37-22-26-56-47(30-37)42-14-4-8-18-53(42)66-56)59-62-60(39-23-27-57-48(32-39)43-15-5-9-19-54(43)67-57)64-61(63-59)40-24-28-58-49(33-40)44-16-6-10-20-55(44)68-58/h1-34H. The third kappa shape index (κ3) is 5.86. The maximum absolute atomic E-state index is 5.39. The zero-order valence-electron chi connectivity index (χ0n) is 36.1. The molecule has 0 N–H and O–H groups in total. The van der Waals surface area contributed by atoms with Crippen LogP contribution in [0.4, 0.5) is 0 Å². The van der Waals surface area contributed by atoms with E-state index in [1.807, 2.05) is 34.0 Å². The van der Waals surface area contributed by atoms with Crippen LogP contribution in [0.5, 0.6) is 0 Å². The summed E-state index contributed by atoms with van der Waals surface area (Å²) in [4.78, 5) is 16.1. The third-order valence-corrected chi connectivity index (χ3v) is 17.1. The summed E-state index contributed by atoms with van der Waals surface area (Å²) >= 11 is 5.48. The van der Waals surface area contributed by atoms with E-state index in [1.165, 1.54) is 87.6 Å². The Kier molecular flexibility index (Phi) is 8.24. The van der Waals surface area contributed by atoms with Gasteiger partial charge in [-0.1, -0.05) is 103 Å². The fourth-order valence-corrected chi connectivity index (χ4v) is 13.7. The molecule has 0 bridgehead atoms. The average molecular weight is 919 g/mol. The highest BCUT2D eigenvalue weighted by Gasteiger charge is 2.21. The Balaban J connectivity index is 0.995. The fourth-order valence-electron chi connectivity index (χ4n) is 10.4. The average Bonchev–Trinajstić information content (AvgIpc) is 4.16. The molecule has 0 saturated carbocycles. The van der Waals surface area contributed by atoms with Crippen LogP contribution in [-0.2, 0) is 0 Å². The summed E-state index contributed by atoms with van der Waals surface area (Å²) in [5, 5.41) is 12.3. The molecular weight excluding hydrogens is 885 g/mol. The minimum Gasteiger partial charge on any atom is -0.309 e. The minimum atomic E-state index is 0.624. The highest BCUT2D eigenvalue weighted by Crippen LogP contribution is 2.43. The molecule has 5 heterocycles. The Hall–Kier alpha value is -8.07. The van der Waals surface area contributed by atoms with E-state index in [4.69, 9.17) is 15.0 Å². The van der Waals surface area contributed by atoms with E-state index in [0.29, 0.717) is 17.5 Å². The first-order chi connectivity index (χ1) is 33.6. The van der Waals surface area contributed by atoms with Crippen LogP contribution in [0.1, 0.15) is 0 Å². The highest BCUT2D eigenvalue weighted by molar-refractivity contribution is 7.26. The molecule has 0 amide bonds. The zero-order valence-corrected chi connectivity index (χ0v) is 38.6. The summed E-state index contributed by atoms with van der Waals surface area (Å²) in [6.45, 7) is 0. The van der Waals surface area contributed by atoms with E-state index in [9.17, 15) is 0 Å². The van der Waals surface area contributed by atoms with E-state index >= 15 is 0 Å². The molecule has 0 spiro atoms. The van der Waals surface area contributed by atoms with Gasteiger partial charge in [0.15, 0.2) is 17.5 Å². The second-order valence-corrected chi connectivity index (χ2v) is 20.8. The number of rotatable bonds is 5. The van der Waals surface area contributed by atoms with E-state index in [2.05, 4.69) is 211 Å². The molecule has 0 atom stereocenters. The Morgan fingerprint density at radius 2 is 0.691 bits per heavy atom. The van der Waals surface area contributed by atoms with Gasteiger partial charge in [0.25, 0.3) is 0 Å². The monoisotopic (exact) mass is 918 g/mol. The Morgan fingerprint density at radius 1 is 0.279 bits per heavy atom. The number of hydrogen-bond donors (Lipinski definition) is 0. The second kappa shape index (κ2) is 14.7. The molecule has 0 aliphatic rings. The lowest BCUT2D eigenvalue weighted by atomic mass is 9.98. The largest absolute Gasteiger partial charge is 0.309 e. The van der Waals surface area contributed by atoms with Crippen LogP contribution in [0.15, 0.2) is 206 Å². The molecule has 7 heteroatoms. The van der Waals surface area contributed by atoms with Crippen LogP contribution in [0.25, 0.3) is 144 Å². The fraction of sp³-hybridized carbons (Fsp3) is 0. The number of para-hydroxylation sites is 1. The number of benzene rings is 10. The van der Waals surface area contributed by atoms with Gasteiger partial charge in [0.1, 0.15) is 0 Å². The van der Waals surface area contributed by atoms with Crippen LogP contribution >= 0.6 is 34.0 Å². The predicted octanol–water partition coefficient (Wildman–Crippen LogP) is 17.9. The number of thiophene rings is 3. The van der Waals surface area contributed by atoms with Crippen molar-refractivity contribution >= 4 is 127 Å². The number of hydrogen-bond acceptors (Lipinski definition) is 6. The van der Waals surface area contributed by atoms with Gasteiger partial charge in [-0.25, -0.2) is 15.0 Å². The molecular formula is C61H34N4S3. The second-order valence-electron chi connectivity index (χ2n) is 17.5. The number of fused-ring (bicyclic) bond motifs is 13.